The lowest BCUT2D eigenvalue weighted by atomic mass is 10.1. The molecule has 2 aromatic rings. The number of carbonyl (C=O) groups excluding carboxylic acids is 2. The predicted molar refractivity (Wildman–Crippen MR) is 116 cm³/mol. The fourth-order valence-corrected chi connectivity index (χ4v) is 4.03. The number of thioether (sulfide) groups is 1. The molecule has 0 bridgehead atoms. The van der Waals surface area contributed by atoms with Crippen LogP contribution in [0, 0.1) is 13.8 Å². The first-order chi connectivity index (χ1) is 13.5. The Bertz CT molecular complexity index is 931. The fourth-order valence-electron chi connectivity index (χ4n) is 3.18. The Kier molecular flexibility index (Phi) is 6.25. The highest BCUT2D eigenvalue weighted by Gasteiger charge is 2.40. The van der Waals surface area contributed by atoms with Gasteiger partial charge >= 0.3 is 0 Å². The highest BCUT2D eigenvalue weighted by atomic mass is 32.2. The van der Waals surface area contributed by atoms with Gasteiger partial charge in [-0.3, -0.25) is 9.59 Å². The molecule has 0 saturated carbocycles. The first-order valence-electron chi connectivity index (χ1n) is 9.54. The molecule has 0 saturated heterocycles. The summed E-state index contributed by atoms with van der Waals surface area (Å²) < 4.78 is 5.63. The van der Waals surface area contributed by atoms with E-state index in [1.54, 1.807) is 0 Å². The highest BCUT2D eigenvalue weighted by Crippen LogP contribution is 2.39. The topological polar surface area (TPSA) is 46.6 Å². The van der Waals surface area contributed by atoms with Crippen LogP contribution >= 0.6 is 11.8 Å². The fraction of sp³-hybridized carbons (Fsp3) is 0.304. The first kappa shape index (κ1) is 20.2. The molecule has 1 heterocycles. The van der Waals surface area contributed by atoms with Gasteiger partial charge in [-0.25, -0.2) is 4.90 Å². The number of hydrogen-bond acceptors (Lipinski definition) is 4. The summed E-state index contributed by atoms with van der Waals surface area (Å²) in [6.45, 7) is 8.61. The van der Waals surface area contributed by atoms with Crippen molar-refractivity contribution in [2.75, 3.05) is 17.3 Å². The molecule has 1 aliphatic heterocycles. The maximum atomic E-state index is 13.3. The van der Waals surface area contributed by atoms with Crippen molar-refractivity contribution in [2.45, 2.75) is 34.1 Å². The monoisotopic (exact) mass is 395 g/mol. The smallest absolute Gasteiger partial charge is 0.272 e. The van der Waals surface area contributed by atoms with Crippen molar-refractivity contribution in [3.05, 3.63) is 64.1 Å². The number of aryl methyl sites for hydroxylation is 1. The van der Waals surface area contributed by atoms with Crippen molar-refractivity contribution < 1.29 is 14.3 Å². The van der Waals surface area contributed by atoms with Gasteiger partial charge in [-0.05, 0) is 60.9 Å². The van der Waals surface area contributed by atoms with Crippen LogP contribution in [0.2, 0.25) is 0 Å². The lowest BCUT2D eigenvalue weighted by Crippen LogP contribution is -2.32. The Labute approximate surface area is 170 Å². The standard InChI is InChI=1S/C23H25NO3S/c1-5-14-27-18-12-10-17(11-13-18)20-21(28-6-2)23(26)24(22(20)25)19-9-7-8-15(3)16(19)4/h7-13H,5-6,14H2,1-4H3. The minimum absolute atomic E-state index is 0.244. The summed E-state index contributed by atoms with van der Waals surface area (Å²) >= 11 is 1.42. The average molecular weight is 396 g/mol. The number of rotatable bonds is 7. The molecule has 0 aromatic heterocycles. The van der Waals surface area contributed by atoms with Crippen LogP contribution in [0.25, 0.3) is 5.57 Å². The van der Waals surface area contributed by atoms with Crippen molar-refractivity contribution in [1.29, 1.82) is 0 Å². The molecule has 3 rings (SSSR count). The van der Waals surface area contributed by atoms with E-state index in [9.17, 15) is 9.59 Å². The van der Waals surface area contributed by atoms with Gasteiger partial charge in [-0.1, -0.05) is 38.1 Å². The molecule has 0 radical (unpaired) electrons. The minimum Gasteiger partial charge on any atom is -0.494 e. The molecule has 0 fully saturated rings. The van der Waals surface area contributed by atoms with Gasteiger partial charge in [0.25, 0.3) is 11.8 Å². The normalized spacial score (nSPS) is 14.2. The number of amides is 2. The van der Waals surface area contributed by atoms with Crippen LogP contribution in [0.3, 0.4) is 0 Å². The van der Waals surface area contributed by atoms with E-state index in [4.69, 9.17) is 4.74 Å². The summed E-state index contributed by atoms with van der Waals surface area (Å²) in [5.74, 6) is 0.971. The van der Waals surface area contributed by atoms with E-state index >= 15 is 0 Å². The third-order valence-corrected chi connectivity index (χ3v) is 5.72. The van der Waals surface area contributed by atoms with E-state index in [0.29, 0.717) is 22.8 Å². The Balaban J connectivity index is 2.02. The van der Waals surface area contributed by atoms with E-state index in [1.807, 2.05) is 63.2 Å². The first-order valence-corrected chi connectivity index (χ1v) is 10.5. The molecule has 1 aliphatic rings. The third-order valence-electron chi connectivity index (χ3n) is 4.76. The molecule has 146 valence electrons. The maximum Gasteiger partial charge on any atom is 0.272 e. The number of ether oxygens (including phenoxy) is 1. The molecular formula is C23H25NO3S. The number of hydrogen-bond donors (Lipinski definition) is 0. The summed E-state index contributed by atoms with van der Waals surface area (Å²) in [7, 11) is 0. The zero-order valence-corrected chi connectivity index (χ0v) is 17.6. The number of nitrogens with zero attached hydrogens (tertiary/aromatic N) is 1. The molecule has 0 atom stereocenters. The predicted octanol–water partition coefficient (Wildman–Crippen LogP) is 5.13. The summed E-state index contributed by atoms with van der Waals surface area (Å²) in [4.78, 5) is 28.3. The van der Waals surface area contributed by atoms with E-state index in [1.165, 1.54) is 16.7 Å². The molecule has 5 heteroatoms. The van der Waals surface area contributed by atoms with Crippen LogP contribution in [0.5, 0.6) is 5.75 Å². The second-order valence-electron chi connectivity index (χ2n) is 6.67. The quantitative estimate of drug-likeness (QED) is 0.610. The number of anilines is 1. The van der Waals surface area contributed by atoms with Gasteiger partial charge in [0.1, 0.15) is 5.75 Å². The molecule has 2 amide bonds. The minimum atomic E-state index is -0.267. The van der Waals surface area contributed by atoms with E-state index in [0.717, 1.165) is 34.6 Å². The molecule has 0 spiro atoms. The Morgan fingerprint density at radius 2 is 1.68 bits per heavy atom. The molecule has 28 heavy (non-hydrogen) atoms. The molecule has 0 N–H and O–H groups in total. The lowest BCUT2D eigenvalue weighted by molar-refractivity contribution is -0.119. The Morgan fingerprint density at radius 3 is 2.32 bits per heavy atom. The van der Waals surface area contributed by atoms with Gasteiger partial charge in [-0.2, -0.15) is 0 Å². The van der Waals surface area contributed by atoms with Gasteiger partial charge in [0.15, 0.2) is 0 Å². The summed E-state index contributed by atoms with van der Waals surface area (Å²) in [5.41, 5.74) is 3.86. The Morgan fingerprint density at radius 1 is 0.964 bits per heavy atom. The van der Waals surface area contributed by atoms with Gasteiger partial charge in [-0.15, -0.1) is 11.8 Å². The van der Waals surface area contributed by atoms with Gasteiger partial charge in [0, 0.05) is 0 Å². The molecule has 2 aromatic carbocycles. The van der Waals surface area contributed by atoms with Gasteiger partial charge < -0.3 is 4.74 Å². The van der Waals surface area contributed by atoms with Crippen LogP contribution in [0.4, 0.5) is 5.69 Å². The second-order valence-corrected chi connectivity index (χ2v) is 7.95. The van der Waals surface area contributed by atoms with E-state index in [2.05, 4.69) is 6.92 Å². The van der Waals surface area contributed by atoms with Crippen molar-refractivity contribution in [3.8, 4) is 5.75 Å². The SMILES string of the molecule is CCCOc1ccc(C2=C(SCC)C(=O)N(c3cccc(C)c3C)C2=O)cc1. The zero-order chi connectivity index (χ0) is 20.3. The number of benzene rings is 2. The van der Waals surface area contributed by atoms with Crippen LogP contribution in [-0.4, -0.2) is 24.2 Å². The van der Waals surface area contributed by atoms with Gasteiger partial charge in [0.2, 0.25) is 0 Å². The van der Waals surface area contributed by atoms with Crippen LogP contribution in [-0.2, 0) is 9.59 Å². The number of imide groups is 1. The van der Waals surface area contributed by atoms with Crippen molar-refractivity contribution in [1.82, 2.24) is 0 Å². The van der Waals surface area contributed by atoms with Crippen LogP contribution in [0.1, 0.15) is 37.0 Å². The maximum absolute atomic E-state index is 13.3. The number of carbonyl (C=O) groups is 2. The second kappa shape index (κ2) is 8.65. The van der Waals surface area contributed by atoms with Crippen molar-refractivity contribution in [2.24, 2.45) is 0 Å². The summed E-state index contributed by atoms with van der Waals surface area (Å²) in [5, 5.41) is 0. The molecule has 0 aliphatic carbocycles. The third kappa shape index (κ3) is 3.72. The van der Waals surface area contributed by atoms with E-state index < -0.39 is 0 Å². The van der Waals surface area contributed by atoms with E-state index in [-0.39, 0.29) is 11.8 Å². The lowest BCUT2D eigenvalue weighted by Gasteiger charge is -2.19. The molecule has 0 unspecified atom stereocenters. The van der Waals surface area contributed by atoms with Crippen molar-refractivity contribution in [3.63, 3.8) is 0 Å². The highest BCUT2D eigenvalue weighted by molar-refractivity contribution is 8.04. The van der Waals surface area contributed by atoms with Gasteiger partial charge in [0.05, 0.1) is 22.8 Å². The Hall–Kier alpha value is -2.53. The zero-order valence-electron chi connectivity index (χ0n) is 16.7. The summed E-state index contributed by atoms with van der Waals surface area (Å²) in [6.07, 6.45) is 0.933. The average Bonchev–Trinajstić information content (AvgIpc) is 2.93. The van der Waals surface area contributed by atoms with Crippen molar-refractivity contribution >= 4 is 34.8 Å². The molecular weight excluding hydrogens is 370 g/mol. The van der Waals surface area contributed by atoms with Crippen LogP contribution in [0.15, 0.2) is 47.4 Å². The largest absolute Gasteiger partial charge is 0.494 e. The molecule has 4 nitrogen and oxygen atoms in total. The van der Waals surface area contributed by atoms with Crippen LogP contribution < -0.4 is 9.64 Å². The summed E-state index contributed by atoms with van der Waals surface area (Å²) in [6, 6.07) is 13.1.